The number of ether oxygens (including phenoxy) is 1. The minimum Gasteiger partial charge on any atom is -0.483 e. The molecule has 1 heterocycles. The van der Waals surface area contributed by atoms with Crippen molar-refractivity contribution in [2.45, 2.75) is 0 Å². The molecule has 3 rings (SSSR count). The van der Waals surface area contributed by atoms with Gasteiger partial charge >= 0.3 is 0 Å². The first-order valence-corrected chi connectivity index (χ1v) is 9.05. The van der Waals surface area contributed by atoms with E-state index in [-0.39, 0.29) is 18.4 Å². The fourth-order valence-electron chi connectivity index (χ4n) is 2.28. The number of hydrogen-bond donors (Lipinski definition) is 1. The molecular formula is C19H16N2O3S2. The number of rotatable bonds is 5. The molecule has 1 saturated heterocycles. The Balaban J connectivity index is 1.69. The first-order chi connectivity index (χ1) is 12.5. The van der Waals surface area contributed by atoms with Crippen LogP contribution in [0.3, 0.4) is 0 Å². The highest BCUT2D eigenvalue weighted by molar-refractivity contribution is 8.26. The van der Waals surface area contributed by atoms with Crippen LogP contribution in [-0.4, -0.2) is 34.7 Å². The Bertz CT molecular complexity index is 881. The molecule has 7 heteroatoms. The SMILES string of the molecule is CN1C(=O)/C(=C/c2ccccc2OCC(=O)Nc2ccccc2)SC1=S. The zero-order valence-electron chi connectivity index (χ0n) is 14.0. The van der Waals surface area contributed by atoms with E-state index in [0.29, 0.717) is 26.2 Å². The van der Waals surface area contributed by atoms with Gasteiger partial charge in [-0.1, -0.05) is 60.4 Å². The Morgan fingerprint density at radius 3 is 2.58 bits per heavy atom. The van der Waals surface area contributed by atoms with Crippen LogP contribution in [-0.2, 0) is 9.59 Å². The quantitative estimate of drug-likeness (QED) is 0.631. The van der Waals surface area contributed by atoms with Gasteiger partial charge in [-0.15, -0.1) is 0 Å². The Morgan fingerprint density at radius 2 is 1.88 bits per heavy atom. The molecule has 1 aliphatic rings. The van der Waals surface area contributed by atoms with Gasteiger partial charge in [0.05, 0.1) is 4.91 Å². The molecule has 0 aliphatic carbocycles. The summed E-state index contributed by atoms with van der Waals surface area (Å²) >= 11 is 6.38. The van der Waals surface area contributed by atoms with Crippen molar-refractivity contribution in [2.75, 3.05) is 19.0 Å². The van der Waals surface area contributed by atoms with E-state index < -0.39 is 0 Å². The second-order valence-corrected chi connectivity index (χ2v) is 7.16. The standard InChI is InChI=1S/C19H16N2O3S2/c1-21-18(23)16(26-19(21)25)11-13-7-5-6-10-15(13)24-12-17(22)20-14-8-3-2-4-9-14/h2-11H,12H2,1H3,(H,20,22)/b16-11-. The second kappa shape index (κ2) is 8.16. The molecule has 26 heavy (non-hydrogen) atoms. The van der Waals surface area contributed by atoms with Crippen LogP contribution in [0.2, 0.25) is 0 Å². The van der Waals surface area contributed by atoms with Crippen molar-refractivity contribution in [2.24, 2.45) is 0 Å². The largest absolute Gasteiger partial charge is 0.483 e. The van der Waals surface area contributed by atoms with Gasteiger partial charge in [-0.05, 0) is 24.3 Å². The van der Waals surface area contributed by atoms with Crippen LogP contribution in [0.15, 0.2) is 59.5 Å². The van der Waals surface area contributed by atoms with Crippen molar-refractivity contribution in [1.82, 2.24) is 4.90 Å². The molecule has 2 aromatic rings. The number of carbonyl (C=O) groups excluding carboxylic acids is 2. The summed E-state index contributed by atoms with van der Waals surface area (Å²) in [6.45, 7) is -0.130. The van der Waals surface area contributed by atoms with E-state index in [1.54, 1.807) is 31.3 Å². The van der Waals surface area contributed by atoms with Crippen molar-refractivity contribution in [3.8, 4) is 5.75 Å². The predicted octanol–water partition coefficient (Wildman–Crippen LogP) is 3.54. The summed E-state index contributed by atoms with van der Waals surface area (Å²) in [6, 6.07) is 16.4. The van der Waals surface area contributed by atoms with Gasteiger partial charge in [0.2, 0.25) is 0 Å². The van der Waals surface area contributed by atoms with Gasteiger partial charge in [0.1, 0.15) is 10.1 Å². The number of nitrogens with one attached hydrogen (secondary N) is 1. The summed E-state index contributed by atoms with van der Waals surface area (Å²) in [5, 5.41) is 2.76. The molecule has 0 saturated carbocycles. The summed E-state index contributed by atoms with van der Waals surface area (Å²) in [4.78, 5) is 26.2. The maximum atomic E-state index is 12.1. The van der Waals surface area contributed by atoms with Gasteiger partial charge < -0.3 is 10.1 Å². The number of thiocarbonyl (C=S) groups is 1. The zero-order chi connectivity index (χ0) is 18.5. The average Bonchev–Trinajstić information content (AvgIpc) is 2.89. The Hall–Kier alpha value is -2.64. The Labute approximate surface area is 161 Å². The number of anilines is 1. The molecule has 0 bridgehead atoms. The van der Waals surface area contributed by atoms with Crippen LogP contribution in [0.25, 0.3) is 6.08 Å². The molecule has 0 spiro atoms. The first-order valence-electron chi connectivity index (χ1n) is 7.83. The van der Waals surface area contributed by atoms with Gasteiger partial charge in [-0.25, -0.2) is 0 Å². The molecule has 0 radical (unpaired) electrons. The third-order valence-corrected chi connectivity index (χ3v) is 5.09. The maximum absolute atomic E-state index is 12.1. The van der Waals surface area contributed by atoms with Gasteiger partial charge in [0, 0.05) is 18.3 Å². The van der Waals surface area contributed by atoms with Crippen LogP contribution in [0.1, 0.15) is 5.56 Å². The minimum absolute atomic E-state index is 0.130. The number of benzene rings is 2. The van der Waals surface area contributed by atoms with Gasteiger partial charge in [0.15, 0.2) is 6.61 Å². The van der Waals surface area contributed by atoms with E-state index in [2.05, 4.69) is 5.32 Å². The first kappa shape index (κ1) is 18.2. The number of thioether (sulfide) groups is 1. The number of para-hydroxylation sites is 2. The summed E-state index contributed by atoms with van der Waals surface area (Å²) < 4.78 is 6.16. The molecule has 0 aromatic heterocycles. The summed E-state index contributed by atoms with van der Waals surface area (Å²) in [5.41, 5.74) is 1.43. The lowest BCUT2D eigenvalue weighted by molar-refractivity contribution is -0.121. The lowest BCUT2D eigenvalue weighted by atomic mass is 10.2. The summed E-state index contributed by atoms with van der Waals surface area (Å²) in [5.74, 6) is 0.125. The molecule has 0 unspecified atom stereocenters. The highest BCUT2D eigenvalue weighted by atomic mass is 32.2. The van der Waals surface area contributed by atoms with E-state index in [0.717, 1.165) is 0 Å². The van der Waals surface area contributed by atoms with E-state index in [1.807, 2.05) is 36.4 Å². The van der Waals surface area contributed by atoms with Crippen molar-refractivity contribution in [3.63, 3.8) is 0 Å². The minimum atomic E-state index is -0.258. The number of carbonyl (C=O) groups is 2. The smallest absolute Gasteiger partial charge is 0.265 e. The van der Waals surface area contributed by atoms with Gasteiger partial charge in [-0.3, -0.25) is 14.5 Å². The second-order valence-electron chi connectivity index (χ2n) is 5.48. The average molecular weight is 384 g/mol. The molecule has 2 aromatic carbocycles. The highest BCUT2D eigenvalue weighted by Crippen LogP contribution is 2.33. The van der Waals surface area contributed by atoms with Crippen molar-refractivity contribution in [3.05, 3.63) is 65.1 Å². The summed E-state index contributed by atoms with van der Waals surface area (Å²) in [7, 11) is 1.65. The molecular weight excluding hydrogens is 368 g/mol. The fourth-order valence-corrected chi connectivity index (χ4v) is 3.45. The van der Waals surface area contributed by atoms with Crippen molar-refractivity contribution in [1.29, 1.82) is 0 Å². The van der Waals surface area contributed by atoms with E-state index in [4.69, 9.17) is 17.0 Å². The maximum Gasteiger partial charge on any atom is 0.265 e. The lowest BCUT2D eigenvalue weighted by Crippen LogP contribution is -2.22. The van der Waals surface area contributed by atoms with Crippen LogP contribution in [0.5, 0.6) is 5.75 Å². The lowest BCUT2D eigenvalue weighted by Gasteiger charge is -2.10. The zero-order valence-corrected chi connectivity index (χ0v) is 15.6. The molecule has 1 aliphatic heterocycles. The van der Waals surface area contributed by atoms with E-state index in [9.17, 15) is 9.59 Å². The molecule has 5 nitrogen and oxygen atoms in total. The summed E-state index contributed by atoms with van der Waals surface area (Å²) in [6.07, 6.45) is 1.73. The van der Waals surface area contributed by atoms with E-state index in [1.165, 1.54) is 16.7 Å². The Morgan fingerprint density at radius 1 is 1.19 bits per heavy atom. The normalized spacial score (nSPS) is 15.4. The number of likely N-dealkylation sites (N-methyl/N-ethyl adjacent to an activating group) is 1. The predicted molar refractivity (Wildman–Crippen MR) is 108 cm³/mol. The molecule has 0 atom stereocenters. The highest BCUT2D eigenvalue weighted by Gasteiger charge is 2.28. The van der Waals surface area contributed by atoms with Crippen LogP contribution < -0.4 is 10.1 Å². The van der Waals surface area contributed by atoms with Crippen molar-refractivity contribution < 1.29 is 14.3 Å². The fraction of sp³-hybridized carbons (Fsp3) is 0.105. The molecule has 1 fully saturated rings. The van der Waals surface area contributed by atoms with Crippen molar-refractivity contribution >= 4 is 51.9 Å². The third kappa shape index (κ3) is 4.30. The molecule has 2 amide bonds. The van der Waals surface area contributed by atoms with E-state index >= 15 is 0 Å². The van der Waals surface area contributed by atoms with Crippen LogP contribution in [0, 0.1) is 0 Å². The van der Waals surface area contributed by atoms with Gasteiger partial charge in [-0.2, -0.15) is 0 Å². The topological polar surface area (TPSA) is 58.6 Å². The molecule has 132 valence electrons. The van der Waals surface area contributed by atoms with Crippen LogP contribution in [0.4, 0.5) is 5.69 Å². The Kier molecular flexibility index (Phi) is 5.70. The number of nitrogens with zero attached hydrogens (tertiary/aromatic N) is 1. The monoisotopic (exact) mass is 384 g/mol. The van der Waals surface area contributed by atoms with Gasteiger partial charge in [0.25, 0.3) is 11.8 Å². The third-order valence-electron chi connectivity index (χ3n) is 3.61. The number of hydrogen-bond acceptors (Lipinski definition) is 5. The molecule has 1 N–H and O–H groups in total. The van der Waals surface area contributed by atoms with Crippen LogP contribution >= 0.6 is 24.0 Å². The number of amides is 2.